The zero-order valence-corrected chi connectivity index (χ0v) is 15.0. The van der Waals surface area contributed by atoms with Gasteiger partial charge in [0.15, 0.2) is 0 Å². The molecule has 0 aliphatic heterocycles. The summed E-state index contributed by atoms with van der Waals surface area (Å²) in [4.78, 5) is 12.4. The molecule has 2 N–H and O–H groups in total. The predicted octanol–water partition coefficient (Wildman–Crippen LogP) is 4.45. The van der Waals surface area contributed by atoms with Crippen molar-refractivity contribution in [3.05, 3.63) is 34.9 Å². The minimum absolute atomic E-state index is 0.0746. The first-order valence-corrected chi connectivity index (χ1v) is 9.36. The van der Waals surface area contributed by atoms with E-state index < -0.39 is 5.92 Å². The standard InChI is InChI=1S/C20H25F2N3O/c1-13(15-7-9-20(21,22)10-8-15)24-19(26)25-18-4-2-3-16-11-14(12-23)5-6-17(16)18/h5-6,11,13,15,18H,2-4,7-10H2,1H3,(H2,24,25,26). The topological polar surface area (TPSA) is 64.9 Å². The molecule has 2 aliphatic carbocycles. The van der Waals surface area contributed by atoms with E-state index in [1.807, 2.05) is 19.1 Å². The van der Waals surface area contributed by atoms with Gasteiger partial charge in [0, 0.05) is 18.9 Å². The van der Waals surface area contributed by atoms with E-state index in [4.69, 9.17) is 5.26 Å². The molecule has 0 heterocycles. The van der Waals surface area contributed by atoms with Crippen molar-refractivity contribution in [1.82, 2.24) is 10.6 Å². The molecule has 0 saturated heterocycles. The molecular weight excluding hydrogens is 336 g/mol. The van der Waals surface area contributed by atoms with Gasteiger partial charge in [0.1, 0.15) is 0 Å². The molecule has 0 spiro atoms. The highest BCUT2D eigenvalue weighted by Crippen LogP contribution is 2.37. The average Bonchev–Trinajstić information content (AvgIpc) is 2.61. The quantitative estimate of drug-likeness (QED) is 0.835. The summed E-state index contributed by atoms with van der Waals surface area (Å²) >= 11 is 0. The van der Waals surface area contributed by atoms with Crippen LogP contribution in [0.5, 0.6) is 0 Å². The van der Waals surface area contributed by atoms with Gasteiger partial charge in [-0.15, -0.1) is 0 Å². The van der Waals surface area contributed by atoms with Gasteiger partial charge in [-0.2, -0.15) is 5.26 Å². The number of nitrogens with one attached hydrogen (secondary N) is 2. The Morgan fingerprint density at radius 2 is 2.04 bits per heavy atom. The van der Waals surface area contributed by atoms with Crippen molar-refractivity contribution >= 4 is 6.03 Å². The van der Waals surface area contributed by atoms with Gasteiger partial charge in [0.05, 0.1) is 17.7 Å². The fourth-order valence-electron chi connectivity index (χ4n) is 4.12. The summed E-state index contributed by atoms with van der Waals surface area (Å²) in [6, 6.07) is 7.29. The van der Waals surface area contributed by atoms with Gasteiger partial charge in [-0.1, -0.05) is 6.07 Å². The molecule has 0 aromatic heterocycles. The van der Waals surface area contributed by atoms with E-state index in [2.05, 4.69) is 16.7 Å². The number of rotatable bonds is 3. The van der Waals surface area contributed by atoms with Crippen LogP contribution < -0.4 is 10.6 Å². The van der Waals surface area contributed by atoms with E-state index >= 15 is 0 Å². The predicted molar refractivity (Wildman–Crippen MR) is 94.9 cm³/mol. The maximum Gasteiger partial charge on any atom is 0.315 e. The third kappa shape index (κ3) is 4.32. The highest BCUT2D eigenvalue weighted by atomic mass is 19.3. The van der Waals surface area contributed by atoms with E-state index in [-0.39, 0.29) is 36.9 Å². The molecule has 2 atom stereocenters. The van der Waals surface area contributed by atoms with Crippen molar-refractivity contribution in [2.45, 2.75) is 69.9 Å². The first kappa shape index (κ1) is 18.6. The SMILES string of the molecule is CC(NC(=O)NC1CCCc2cc(C#N)ccc21)C1CCC(F)(F)CC1. The third-order valence-corrected chi connectivity index (χ3v) is 5.72. The van der Waals surface area contributed by atoms with Crippen LogP contribution in [0.3, 0.4) is 0 Å². The molecule has 0 bridgehead atoms. The van der Waals surface area contributed by atoms with E-state index in [0.717, 1.165) is 30.4 Å². The number of aryl methyl sites for hydroxylation is 1. The van der Waals surface area contributed by atoms with Gasteiger partial charge >= 0.3 is 6.03 Å². The number of hydrogen-bond donors (Lipinski definition) is 2. The summed E-state index contributed by atoms with van der Waals surface area (Å²) in [6.07, 6.45) is 3.42. The Morgan fingerprint density at radius 1 is 1.31 bits per heavy atom. The number of benzene rings is 1. The van der Waals surface area contributed by atoms with Gasteiger partial charge in [-0.05, 0) is 68.2 Å². The molecule has 1 saturated carbocycles. The molecule has 1 fully saturated rings. The summed E-state index contributed by atoms with van der Waals surface area (Å²) in [5, 5.41) is 15.0. The highest BCUT2D eigenvalue weighted by molar-refractivity contribution is 5.75. The molecule has 2 unspecified atom stereocenters. The van der Waals surface area contributed by atoms with Crippen LogP contribution in [0, 0.1) is 17.2 Å². The first-order chi connectivity index (χ1) is 12.4. The third-order valence-electron chi connectivity index (χ3n) is 5.72. The maximum atomic E-state index is 13.3. The summed E-state index contributed by atoms with van der Waals surface area (Å²) < 4.78 is 26.6. The Kier molecular flexibility index (Phi) is 5.45. The van der Waals surface area contributed by atoms with Crippen LogP contribution in [-0.4, -0.2) is 18.0 Å². The number of alkyl halides is 2. The van der Waals surface area contributed by atoms with Crippen molar-refractivity contribution in [1.29, 1.82) is 5.26 Å². The van der Waals surface area contributed by atoms with Gasteiger partial charge < -0.3 is 10.6 Å². The molecule has 3 rings (SSSR count). The fraction of sp³-hybridized carbons (Fsp3) is 0.600. The van der Waals surface area contributed by atoms with Crippen LogP contribution in [0.25, 0.3) is 0 Å². The van der Waals surface area contributed by atoms with Crippen LogP contribution in [0.2, 0.25) is 0 Å². The second-order valence-electron chi connectivity index (χ2n) is 7.57. The number of hydrogen-bond acceptors (Lipinski definition) is 2. The lowest BCUT2D eigenvalue weighted by molar-refractivity contribution is -0.0484. The molecule has 26 heavy (non-hydrogen) atoms. The number of fused-ring (bicyclic) bond motifs is 1. The van der Waals surface area contributed by atoms with Crippen LogP contribution in [0.4, 0.5) is 13.6 Å². The number of nitrogens with zero attached hydrogens (tertiary/aromatic N) is 1. The number of amides is 2. The summed E-state index contributed by atoms with van der Waals surface area (Å²) in [5.74, 6) is -2.45. The lowest BCUT2D eigenvalue weighted by atomic mass is 9.82. The van der Waals surface area contributed by atoms with Crippen molar-refractivity contribution in [2.24, 2.45) is 5.92 Å². The van der Waals surface area contributed by atoms with Gasteiger partial charge in [0.25, 0.3) is 0 Å². The highest BCUT2D eigenvalue weighted by Gasteiger charge is 2.37. The lowest BCUT2D eigenvalue weighted by Crippen LogP contribution is -2.46. The van der Waals surface area contributed by atoms with Crippen molar-refractivity contribution in [3.8, 4) is 6.07 Å². The molecule has 4 nitrogen and oxygen atoms in total. The van der Waals surface area contributed by atoms with Crippen LogP contribution in [-0.2, 0) is 6.42 Å². The zero-order chi connectivity index (χ0) is 18.7. The first-order valence-electron chi connectivity index (χ1n) is 9.36. The van der Waals surface area contributed by atoms with Crippen LogP contribution >= 0.6 is 0 Å². The zero-order valence-electron chi connectivity index (χ0n) is 15.0. The van der Waals surface area contributed by atoms with Crippen LogP contribution in [0.1, 0.15) is 68.2 Å². The van der Waals surface area contributed by atoms with Gasteiger partial charge in [0.2, 0.25) is 5.92 Å². The van der Waals surface area contributed by atoms with E-state index in [9.17, 15) is 13.6 Å². The Bertz CT molecular complexity index is 703. The minimum atomic E-state index is -2.55. The number of carbonyl (C=O) groups excluding carboxylic acids is 1. The second-order valence-corrected chi connectivity index (χ2v) is 7.57. The average molecular weight is 361 g/mol. The smallest absolute Gasteiger partial charge is 0.315 e. The number of urea groups is 1. The van der Waals surface area contributed by atoms with Crippen molar-refractivity contribution < 1.29 is 13.6 Å². The number of nitriles is 1. The Hall–Kier alpha value is -2.16. The van der Waals surface area contributed by atoms with Crippen molar-refractivity contribution in [2.75, 3.05) is 0 Å². The number of halogens is 2. The van der Waals surface area contributed by atoms with E-state index in [1.165, 1.54) is 0 Å². The Labute approximate surface area is 153 Å². The second kappa shape index (κ2) is 7.61. The maximum absolute atomic E-state index is 13.3. The molecule has 1 aromatic rings. The lowest BCUT2D eigenvalue weighted by Gasteiger charge is -2.33. The monoisotopic (exact) mass is 361 g/mol. The minimum Gasteiger partial charge on any atom is -0.335 e. The Balaban J connectivity index is 1.57. The molecule has 1 aromatic carbocycles. The summed E-state index contributed by atoms with van der Waals surface area (Å²) in [5.41, 5.74) is 2.81. The largest absolute Gasteiger partial charge is 0.335 e. The Morgan fingerprint density at radius 3 is 2.73 bits per heavy atom. The van der Waals surface area contributed by atoms with Crippen LogP contribution in [0.15, 0.2) is 18.2 Å². The molecule has 2 aliphatic rings. The van der Waals surface area contributed by atoms with Gasteiger partial charge in [-0.25, -0.2) is 13.6 Å². The number of carbonyl (C=O) groups is 1. The van der Waals surface area contributed by atoms with Crippen molar-refractivity contribution in [3.63, 3.8) is 0 Å². The molecular formula is C20H25F2N3O. The fourth-order valence-corrected chi connectivity index (χ4v) is 4.12. The van der Waals surface area contributed by atoms with E-state index in [0.29, 0.717) is 18.4 Å². The molecule has 140 valence electrons. The summed E-state index contributed by atoms with van der Waals surface area (Å²) in [7, 11) is 0. The normalized spacial score (nSPS) is 23.4. The molecule has 6 heteroatoms. The molecule has 0 radical (unpaired) electrons. The summed E-state index contributed by atoms with van der Waals surface area (Å²) in [6.45, 7) is 1.89. The van der Waals surface area contributed by atoms with E-state index in [1.54, 1.807) is 6.07 Å². The van der Waals surface area contributed by atoms with Gasteiger partial charge in [-0.3, -0.25) is 0 Å². The molecule has 2 amide bonds.